The van der Waals surface area contributed by atoms with Gasteiger partial charge in [0.1, 0.15) is 5.82 Å². The third-order valence-corrected chi connectivity index (χ3v) is 5.37. The summed E-state index contributed by atoms with van der Waals surface area (Å²) in [5, 5.41) is 3.00. The van der Waals surface area contributed by atoms with Crippen molar-refractivity contribution in [3.05, 3.63) is 65.0 Å². The van der Waals surface area contributed by atoms with Crippen LogP contribution >= 0.6 is 0 Å². The second-order valence-corrected chi connectivity index (χ2v) is 7.99. The van der Waals surface area contributed by atoms with Gasteiger partial charge < -0.3 is 10.3 Å². The van der Waals surface area contributed by atoms with E-state index in [1.165, 1.54) is 0 Å². The van der Waals surface area contributed by atoms with Crippen molar-refractivity contribution in [2.24, 2.45) is 5.92 Å². The number of hydrogen-bond acceptors (Lipinski definition) is 4. The van der Waals surface area contributed by atoms with E-state index in [9.17, 15) is 14.4 Å². The SMILES string of the molecule is Cc1ccc2c(c1)C(=O)N(CCC(=O)N[C@H](c1nc3ccccc3[nH]1)C(C)C)C2=O. The normalized spacial score (nSPS) is 14.5. The summed E-state index contributed by atoms with van der Waals surface area (Å²) in [7, 11) is 0. The Labute approximate surface area is 174 Å². The van der Waals surface area contributed by atoms with E-state index in [1.807, 2.05) is 45.0 Å². The average Bonchev–Trinajstić information content (AvgIpc) is 3.24. The van der Waals surface area contributed by atoms with Crippen LogP contribution in [-0.4, -0.2) is 39.1 Å². The summed E-state index contributed by atoms with van der Waals surface area (Å²) in [6, 6.07) is 12.6. The van der Waals surface area contributed by atoms with Crippen molar-refractivity contribution in [3.63, 3.8) is 0 Å². The number of nitrogens with one attached hydrogen (secondary N) is 2. The van der Waals surface area contributed by atoms with Crippen LogP contribution < -0.4 is 5.32 Å². The first-order chi connectivity index (χ1) is 14.3. The number of nitrogens with zero attached hydrogens (tertiary/aromatic N) is 2. The first kappa shape index (κ1) is 19.8. The zero-order valence-electron chi connectivity index (χ0n) is 17.2. The zero-order valence-corrected chi connectivity index (χ0v) is 17.2. The van der Waals surface area contributed by atoms with E-state index in [2.05, 4.69) is 15.3 Å². The molecule has 0 aliphatic carbocycles. The highest BCUT2D eigenvalue weighted by molar-refractivity contribution is 6.21. The van der Waals surface area contributed by atoms with Crippen LogP contribution in [0.15, 0.2) is 42.5 Å². The molecule has 1 aliphatic rings. The van der Waals surface area contributed by atoms with Gasteiger partial charge in [-0.15, -0.1) is 0 Å². The lowest BCUT2D eigenvalue weighted by Gasteiger charge is -2.21. The number of H-pyrrole nitrogens is 1. The van der Waals surface area contributed by atoms with Gasteiger partial charge in [-0.2, -0.15) is 0 Å². The Morgan fingerprint density at radius 1 is 1.10 bits per heavy atom. The molecule has 3 amide bonds. The number of amides is 3. The second kappa shape index (κ2) is 7.74. The molecule has 1 aromatic heterocycles. The Kier molecular flexibility index (Phi) is 5.11. The van der Waals surface area contributed by atoms with Crippen molar-refractivity contribution in [2.45, 2.75) is 33.2 Å². The third-order valence-electron chi connectivity index (χ3n) is 5.37. The van der Waals surface area contributed by atoms with Crippen molar-refractivity contribution in [1.29, 1.82) is 0 Å². The van der Waals surface area contributed by atoms with Gasteiger partial charge in [-0.05, 0) is 37.1 Å². The van der Waals surface area contributed by atoms with E-state index in [0.29, 0.717) is 17.0 Å². The van der Waals surface area contributed by atoms with Crippen LogP contribution in [0, 0.1) is 12.8 Å². The van der Waals surface area contributed by atoms with Crippen molar-refractivity contribution in [3.8, 4) is 0 Å². The zero-order chi connectivity index (χ0) is 21.4. The molecule has 4 rings (SSSR count). The number of rotatable bonds is 6. The van der Waals surface area contributed by atoms with Crippen molar-refractivity contribution in [2.75, 3.05) is 6.54 Å². The number of benzene rings is 2. The maximum absolute atomic E-state index is 12.6. The minimum absolute atomic E-state index is 0.0356. The van der Waals surface area contributed by atoms with Crippen LogP contribution in [0.1, 0.15) is 58.4 Å². The van der Waals surface area contributed by atoms with Gasteiger partial charge in [0.2, 0.25) is 5.91 Å². The van der Waals surface area contributed by atoms with Crippen molar-refractivity contribution >= 4 is 28.8 Å². The van der Waals surface area contributed by atoms with Gasteiger partial charge in [-0.25, -0.2) is 4.98 Å². The Morgan fingerprint density at radius 2 is 1.83 bits per heavy atom. The highest BCUT2D eigenvalue weighted by Gasteiger charge is 2.35. The lowest BCUT2D eigenvalue weighted by molar-refractivity contribution is -0.122. The molecule has 2 aromatic carbocycles. The number of fused-ring (bicyclic) bond motifs is 2. The molecule has 0 radical (unpaired) electrons. The molecule has 7 heteroatoms. The molecular formula is C23H24N4O3. The quantitative estimate of drug-likeness (QED) is 0.616. The monoisotopic (exact) mass is 404 g/mol. The fourth-order valence-corrected chi connectivity index (χ4v) is 3.74. The van der Waals surface area contributed by atoms with E-state index in [4.69, 9.17) is 0 Å². The number of imidazole rings is 1. The molecule has 0 bridgehead atoms. The number of aromatic amines is 1. The molecule has 0 fully saturated rings. The largest absolute Gasteiger partial charge is 0.346 e. The highest BCUT2D eigenvalue weighted by Crippen LogP contribution is 2.25. The van der Waals surface area contributed by atoms with Gasteiger partial charge >= 0.3 is 0 Å². The molecule has 2 heterocycles. The van der Waals surface area contributed by atoms with E-state index < -0.39 is 0 Å². The molecule has 1 atom stereocenters. The summed E-state index contributed by atoms with van der Waals surface area (Å²) in [5.74, 6) is -0.126. The van der Waals surface area contributed by atoms with Gasteiger partial charge in [-0.3, -0.25) is 19.3 Å². The molecule has 0 saturated heterocycles. The Hall–Kier alpha value is -3.48. The number of para-hydroxylation sites is 2. The van der Waals surface area contributed by atoms with Crippen LogP contribution in [0.5, 0.6) is 0 Å². The maximum Gasteiger partial charge on any atom is 0.261 e. The van der Waals surface area contributed by atoms with Gasteiger partial charge in [0.05, 0.1) is 28.2 Å². The second-order valence-electron chi connectivity index (χ2n) is 7.99. The molecule has 30 heavy (non-hydrogen) atoms. The van der Waals surface area contributed by atoms with Crippen LogP contribution in [0.25, 0.3) is 11.0 Å². The summed E-state index contributed by atoms with van der Waals surface area (Å²) in [4.78, 5) is 46.8. The molecule has 1 aliphatic heterocycles. The topological polar surface area (TPSA) is 95.2 Å². The standard InChI is InChI=1S/C23H24N4O3/c1-13(2)20(21-24-17-6-4-5-7-18(17)25-21)26-19(28)10-11-27-22(29)15-9-8-14(3)12-16(15)23(27)30/h4-9,12-13,20H,10-11H2,1-3H3,(H,24,25)(H,26,28)/t20-/m0/s1. The Morgan fingerprint density at radius 3 is 2.57 bits per heavy atom. The minimum Gasteiger partial charge on any atom is -0.346 e. The molecular weight excluding hydrogens is 380 g/mol. The highest BCUT2D eigenvalue weighted by atomic mass is 16.2. The summed E-state index contributed by atoms with van der Waals surface area (Å²) in [5.41, 5.74) is 3.47. The van der Waals surface area contributed by atoms with Crippen LogP contribution in [0.4, 0.5) is 0 Å². The molecule has 0 saturated carbocycles. The first-order valence-electron chi connectivity index (χ1n) is 10.1. The number of imide groups is 1. The molecule has 2 N–H and O–H groups in total. The summed E-state index contributed by atoms with van der Waals surface area (Å²) in [6.07, 6.45) is 0.0356. The van der Waals surface area contributed by atoms with E-state index in [-0.39, 0.29) is 42.6 Å². The summed E-state index contributed by atoms with van der Waals surface area (Å²) < 4.78 is 0. The van der Waals surface area contributed by atoms with Crippen LogP contribution in [0.3, 0.4) is 0 Å². The number of aryl methyl sites for hydroxylation is 1. The summed E-state index contributed by atoms with van der Waals surface area (Å²) >= 11 is 0. The van der Waals surface area contributed by atoms with Gasteiger partial charge in [0, 0.05) is 13.0 Å². The van der Waals surface area contributed by atoms with Gasteiger partial charge in [0.25, 0.3) is 11.8 Å². The third kappa shape index (κ3) is 3.58. The maximum atomic E-state index is 12.6. The predicted octanol–water partition coefficient (Wildman–Crippen LogP) is 3.37. The number of carbonyl (C=O) groups excluding carboxylic acids is 3. The smallest absolute Gasteiger partial charge is 0.261 e. The Bertz CT molecular complexity index is 1120. The molecule has 154 valence electrons. The van der Waals surface area contributed by atoms with Crippen LogP contribution in [0.2, 0.25) is 0 Å². The first-order valence-corrected chi connectivity index (χ1v) is 10.1. The molecule has 7 nitrogen and oxygen atoms in total. The van der Waals surface area contributed by atoms with E-state index in [1.54, 1.807) is 18.2 Å². The lowest BCUT2D eigenvalue weighted by Crippen LogP contribution is -2.37. The molecule has 0 spiro atoms. The fraction of sp³-hybridized carbons (Fsp3) is 0.304. The number of hydrogen-bond donors (Lipinski definition) is 2. The fourth-order valence-electron chi connectivity index (χ4n) is 3.74. The molecule has 3 aromatic rings. The van der Waals surface area contributed by atoms with Gasteiger partial charge in [-0.1, -0.05) is 37.6 Å². The van der Waals surface area contributed by atoms with Gasteiger partial charge in [0.15, 0.2) is 0 Å². The van der Waals surface area contributed by atoms with E-state index in [0.717, 1.165) is 21.5 Å². The Balaban J connectivity index is 1.43. The average molecular weight is 404 g/mol. The number of aromatic nitrogens is 2. The lowest BCUT2D eigenvalue weighted by atomic mass is 10.0. The van der Waals surface area contributed by atoms with Crippen molar-refractivity contribution in [1.82, 2.24) is 20.2 Å². The molecule has 0 unspecified atom stereocenters. The van der Waals surface area contributed by atoms with Crippen molar-refractivity contribution < 1.29 is 14.4 Å². The predicted molar refractivity (Wildman–Crippen MR) is 113 cm³/mol. The van der Waals surface area contributed by atoms with Crippen LogP contribution in [-0.2, 0) is 4.79 Å². The summed E-state index contributed by atoms with van der Waals surface area (Å²) in [6.45, 7) is 5.93. The minimum atomic E-state index is -0.347. The van der Waals surface area contributed by atoms with E-state index >= 15 is 0 Å². The number of carbonyl (C=O) groups is 3.